The van der Waals surface area contributed by atoms with Crippen LogP contribution in [0.2, 0.25) is 0 Å². The highest BCUT2D eigenvalue weighted by atomic mass is 32.2. The van der Waals surface area contributed by atoms with Crippen molar-refractivity contribution in [2.45, 2.75) is 70.1 Å². The van der Waals surface area contributed by atoms with Crippen molar-refractivity contribution in [3.8, 4) is 0 Å². The molecule has 47 heavy (non-hydrogen) atoms. The van der Waals surface area contributed by atoms with Crippen LogP contribution >= 0.6 is 11.8 Å². The van der Waals surface area contributed by atoms with Gasteiger partial charge < -0.3 is 25.8 Å². The van der Waals surface area contributed by atoms with Crippen LogP contribution in [-0.2, 0) is 35.5 Å². The molecule has 0 saturated heterocycles. The van der Waals surface area contributed by atoms with Crippen LogP contribution < -0.4 is 11.1 Å². The minimum atomic E-state index is -4.31. The maximum absolute atomic E-state index is 14.1. The summed E-state index contributed by atoms with van der Waals surface area (Å²) in [7, 11) is 0. The maximum Gasteiger partial charge on any atom is 0.408 e. The van der Waals surface area contributed by atoms with Crippen LogP contribution in [0.25, 0.3) is 0 Å². The molecule has 3 aromatic rings. The fraction of sp³-hybridized carbons (Fsp3) is 0.412. The number of ether oxygens (including phenoxy) is 1. The second-order valence-corrected chi connectivity index (χ2v) is 12.3. The Morgan fingerprint density at radius 3 is 2.28 bits per heavy atom. The molecule has 256 valence electrons. The van der Waals surface area contributed by atoms with Gasteiger partial charge in [0.05, 0.1) is 6.10 Å². The van der Waals surface area contributed by atoms with Crippen molar-refractivity contribution in [3.05, 3.63) is 107 Å². The molecule has 0 aliphatic heterocycles. The van der Waals surface area contributed by atoms with Gasteiger partial charge in [-0.3, -0.25) is 4.79 Å². The highest BCUT2D eigenvalue weighted by Gasteiger charge is 2.31. The summed E-state index contributed by atoms with van der Waals surface area (Å²) < 4.78 is 70.9. The number of rotatable bonds is 17. The third kappa shape index (κ3) is 13.9. The minimum Gasteiger partial charge on any atom is -0.445 e. The number of carbonyl (C=O) groups is 2. The van der Waals surface area contributed by atoms with Gasteiger partial charge in [0.15, 0.2) is 0 Å². The molecule has 2 amide bonds. The molecular formula is C34H40F5N3O4S. The topological polar surface area (TPSA) is 105 Å². The number of aliphatic hydroxyl groups excluding tert-OH is 1. The molecule has 7 nitrogen and oxygen atoms in total. The number of benzene rings is 3. The number of aliphatic hydroxyl groups is 1. The molecule has 0 bridgehead atoms. The first-order valence-corrected chi connectivity index (χ1v) is 16.4. The normalized spacial score (nSPS) is 13.4. The van der Waals surface area contributed by atoms with Crippen LogP contribution in [0.3, 0.4) is 0 Å². The summed E-state index contributed by atoms with van der Waals surface area (Å²) in [4.78, 5) is 28.2. The smallest absolute Gasteiger partial charge is 0.408 e. The third-order valence-electron chi connectivity index (χ3n) is 7.22. The lowest BCUT2D eigenvalue weighted by Crippen LogP contribution is -2.53. The van der Waals surface area contributed by atoms with Crippen molar-refractivity contribution in [1.82, 2.24) is 10.2 Å². The van der Waals surface area contributed by atoms with E-state index in [4.69, 9.17) is 10.5 Å². The fourth-order valence-electron chi connectivity index (χ4n) is 4.78. The predicted molar refractivity (Wildman–Crippen MR) is 171 cm³/mol. The Labute approximate surface area is 275 Å². The van der Waals surface area contributed by atoms with E-state index in [1.165, 1.54) is 4.90 Å². The molecule has 0 spiro atoms. The van der Waals surface area contributed by atoms with E-state index in [1.807, 2.05) is 25.1 Å². The standard InChI is InChI=1S/C34H40F5N3O4S/c1-2-23-10-6-11-25(14-23)19-42(20-31(43)29(40)17-26-15-27(35)18-28(36)16-26)32(44)30(22-47-13-7-12-34(37,38)39)41-33(45)46-21-24-8-4-3-5-9-24/h3-6,8-11,14-16,18,29-31,43H,2,7,12-13,17,19-22,40H2,1H3,(H,41,45)/t29-,30+,31+/m0/s1. The predicted octanol–water partition coefficient (Wildman–Crippen LogP) is 6.16. The largest absolute Gasteiger partial charge is 0.445 e. The number of carbonyl (C=O) groups excluding carboxylic acids is 2. The van der Waals surface area contributed by atoms with Gasteiger partial charge in [-0.15, -0.1) is 0 Å². The van der Waals surface area contributed by atoms with Crippen molar-refractivity contribution in [2.75, 3.05) is 18.1 Å². The Kier molecular flexibility index (Phi) is 15.0. The molecule has 0 aliphatic carbocycles. The SMILES string of the molecule is CCc1cccc(CN(C[C@@H](O)[C@@H](N)Cc2cc(F)cc(F)c2)C(=O)[C@@H](CSCCCC(F)(F)F)NC(=O)OCc2ccccc2)c1. The van der Waals surface area contributed by atoms with Crippen molar-refractivity contribution in [2.24, 2.45) is 5.73 Å². The van der Waals surface area contributed by atoms with Crippen LogP contribution in [0.1, 0.15) is 42.0 Å². The van der Waals surface area contributed by atoms with Gasteiger partial charge in [0.1, 0.15) is 24.3 Å². The Bertz CT molecular complexity index is 1410. The second kappa shape index (κ2) is 18.6. The summed E-state index contributed by atoms with van der Waals surface area (Å²) in [6.07, 6.45) is -7.08. The summed E-state index contributed by atoms with van der Waals surface area (Å²) in [5.74, 6) is -2.19. The highest BCUT2D eigenvalue weighted by molar-refractivity contribution is 7.99. The molecule has 0 saturated carbocycles. The molecular weight excluding hydrogens is 641 g/mol. The summed E-state index contributed by atoms with van der Waals surface area (Å²) in [6.45, 7) is 1.61. The zero-order valence-corrected chi connectivity index (χ0v) is 26.8. The molecule has 0 aromatic heterocycles. The first-order valence-electron chi connectivity index (χ1n) is 15.2. The third-order valence-corrected chi connectivity index (χ3v) is 8.36. The summed E-state index contributed by atoms with van der Waals surface area (Å²) in [5, 5.41) is 13.6. The van der Waals surface area contributed by atoms with E-state index >= 15 is 0 Å². The van der Waals surface area contributed by atoms with Gasteiger partial charge in [0, 0.05) is 37.4 Å². The summed E-state index contributed by atoms with van der Waals surface area (Å²) in [5.41, 5.74) is 8.88. The number of alkyl halides is 3. The van der Waals surface area contributed by atoms with Gasteiger partial charge in [-0.1, -0.05) is 61.5 Å². The Morgan fingerprint density at radius 1 is 0.957 bits per heavy atom. The molecule has 0 heterocycles. The van der Waals surface area contributed by atoms with E-state index in [9.17, 15) is 36.6 Å². The number of halogens is 5. The summed E-state index contributed by atoms with van der Waals surface area (Å²) >= 11 is 1.07. The quantitative estimate of drug-likeness (QED) is 0.117. The average Bonchev–Trinajstić information content (AvgIpc) is 3.02. The molecule has 4 N–H and O–H groups in total. The lowest BCUT2D eigenvalue weighted by Gasteiger charge is -2.31. The number of alkyl carbamates (subject to hydrolysis) is 1. The first-order chi connectivity index (χ1) is 22.3. The van der Waals surface area contributed by atoms with Crippen LogP contribution in [0.4, 0.5) is 26.7 Å². The summed E-state index contributed by atoms with van der Waals surface area (Å²) in [6, 6.07) is 17.0. The van der Waals surface area contributed by atoms with Crippen molar-refractivity contribution in [1.29, 1.82) is 0 Å². The number of nitrogens with zero attached hydrogens (tertiary/aromatic N) is 1. The number of hydrogen-bond donors (Lipinski definition) is 3. The van der Waals surface area contributed by atoms with Gasteiger partial charge >= 0.3 is 12.3 Å². The second-order valence-electron chi connectivity index (χ2n) is 11.2. The first kappa shape index (κ1) is 37.8. The molecule has 3 rings (SSSR count). The van der Waals surface area contributed by atoms with Crippen molar-refractivity contribution >= 4 is 23.8 Å². The number of nitrogens with one attached hydrogen (secondary N) is 1. The van der Waals surface area contributed by atoms with Gasteiger partial charge in [-0.25, -0.2) is 13.6 Å². The van der Waals surface area contributed by atoms with Gasteiger partial charge in [0.2, 0.25) is 5.91 Å². The van der Waals surface area contributed by atoms with Crippen molar-refractivity contribution < 1.29 is 41.4 Å². The van der Waals surface area contributed by atoms with Crippen molar-refractivity contribution in [3.63, 3.8) is 0 Å². The van der Waals surface area contributed by atoms with E-state index in [0.29, 0.717) is 5.56 Å². The molecule has 0 radical (unpaired) electrons. The number of nitrogens with two attached hydrogens (primary N) is 1. The Morgan fingerprint density at radius 2 is 1.62 bits per heavy atom. The lowest BCUT2D eigenvalue weighted by atomic mass is 10.0. The monoisotopic (exact) mass is 681 g/mol. The zero-order valence-electron chi connectivity index (χ0n) is 26.0. The van der Waals surface area contributed by atoms with Crippen LogP contribution in [0.5, 0.6) is 0 Å². The number of amides is 2. The van der Waals surface area contributed by atoms with E-state index < -0.39 is 54.4 Å². The number of aryl methyl sites for hydroxylation is 1. The molecule has 0 fully saturated rings. The molecule has 3 aromatic carbocycles. The van der Waals surface area contributed by atoms with Crippen LogP contribution in [-0.4, -0.2) is 64.4 Å². The van der Waals surface area contributed by atoms with E-state index in [-0.39, 0.29) is 49.6 Å². The Balaban J connectivity index is 1.80. The Hall–Kier alpha value is -3.68. The lowest BCUT2D eigenvalue weighted by molar-refractivity contribution is -0.135. The minimum absolute atomic E-state index is 0.0149. The van der Waals surface area contributed by atoms with E-state index in [0.717, 1.165) is 47.5 Å². The van der Waals surface area contributed by atoms with Crippen LogP contribution in [0, 0.1) is 11.6 Å². The van der Waals surface area contributed by atoms with E-state index in [1.54, 1.807) is 36.4 Å². The highest BCUT2D eigenvalue weighted by Crippen LogP contribution is 2.23. The number of thioether (sulfide) groups is 1. The molecule has 0 aliphatic rings. The van der Waals surface area contributed by atoms with E-state index in [2.05, 4.69) is 5.32 Å². The molecule has 3 atom stereocenters. The molecule has 13 heteroatoms. The van der Waals surface area contributed by atoms with Crippen LogP contribution in [0.15, 0.2) is 72.8 Å². The van der Waals surface area contributed by atoms with Gasteiger partial charge in [-0.2, -0.15) is 24.9 Å². The fourth-order valence-corrected chi connectivity index (χ4v) is 5.75. The molecule has 0 unspecified atom stereocenters. The maximum atomic E-state index is 14.1. The average molecular weight is 682 g/mol. The van der Waals surface area contributed by atoms with Gasteiger partial charge in [0.25, 0.3) is 0 Å². The van der Waals surface area contributed by atoms with Gasteiger partial charge in [-0.05, 0) is 59.4 Å². The number of hydrogen-bond acceptors (Lipinski definition) is 6. The zero-order chi connectivity index (χ0) is 34.4.